The smallest absolute Gasteiger partial charge is 0.251 e. The Labute approximate surface area is 134 Å². The first-order valence-corrected chi connectivity index (χ1v) is 7.79. The van der Waals surface area contributed by atoms with Crippen molar-refractivity contribution >= 4 is 17.5 Å². The van der Waals surface area contributed by atoms with E-state index >= 15 is 0 Å². The average Bonchev–Trinajstić information content (AvgIpc) is 2.58. The van der Waals surface area contributed by atoms with Gasteiger partial charge in [0.05, 0.1) is 19.8 Å². The molecule has 0 aromatic heterocycles. The second kappa shape index (κ2) is 6.64. The van der Waals surface area contributed by atoms with E-state index in [2.05, 4.69) is 5.32 Å². The van der Waals surface area contributed by atoms with Crippen LogP contribution in [0.2, 0.25) is 0 Å². The summed E-state index contributed by atoms with van der Waals surface area (Å²) in [5.41, 5.74) is 0.637. The number of hydrogen-bond acceptors (Lipinski definition) is 4. The standard InChI is InChI=1S/C16H20FN3O3/c1-2-19-7-8-23-10-14(19)15(21)18-13-9-20(16(13)22)12-5-3-11(17)4-6-12/h3-6,13-14H,2,7-10H2,1H3,(H,18,21). The van der Waals surface area contributed by atoms with Crippen molar-refractivity contribution in [2.45, 2.75) is 19.0 Å². The maximum atomic E-state index is 12.9. The Hall–Kier alpha value is -1.99. The quantitative estimate of drug-likeness (QED) is 0.815. The molecule has 1 aromatic carbocycles. The molecule has 7 heteroatoms. The van der Waals surface area contributed by atoms with Crippen molar-refractivity contribution in [2.75, 3.05) is 37.7 Å². The van der Waals surface area contributed by atoms with Crippen LogP contribution in [0.15, 0.2) is 24.3 Å². The molecule has 3 rings (SSSR count). The SMILES string of the molecule is CCN1CCOCC1C(=O)NC1CN(c2ccc(F)cc2)C1=O. The van der Waals surface area contributed by atoms with Crippen LogP contribution >= 0.6 is 0 Å². The molecule has 2 aliphatic rings. The van der Waals surface area contributed by atoms with Crippen LogP contribution in [-0.2, 0) is 14.3 Å². The Kier molecular flexibility index (Phi) is 4.58. The number of nitrogens with one attached hydrogen (secondary N) is 1. The molecule has 1 N–H and O–H groups in total. The first-order chi connectivity index (χ1) is 11.1. The van der Waals surface area contributed by atoms with E-state index < -0.39 is 6.04 Å². The lowest BCUT2D eigenvalue weighted by Gasteiger charge is -2.40. The molecule has 2 unspecified atom stereocenters. The van der Waals surface area contributed by atoms with Gasteiger partial charge < -0.3 is 15.0 Å². The van der Waals surface area contributed by atoms with Gasteiger partial charge in [-0.05, 0) is 30.8 Å². The highest BCUT2D eigenvalue weighted by molar-refractivity contribution is 6.06. The number of nitrogens with zero attached hydrogens (tertiary/aromatic N) is 2. The lowest BCUT2D eigenvalue weighted by atomic mass is 10.1. The number of amides is 2. The summed E-state index contributed by atoms with van der Waals surface area (Å²) >= 11 is 0. The summed E-state index contributed by atoms with van der Waals surface area (Å²) in [4.78, 5) is 28.1. The minimum Gasteiger partial charge on any atom is -0.378 e. The summed E-state index contributed by atoms with van der Waals surface area (Å²) in [6.07, 6.45) is 0. The van der Waals surface area contributed by atoms with Crippen molar-refractivity contribution < 1.29 is 18.7 Å². The number of halogens is 1. The maximum Gasteiger partial charge on any atom is 0.251 e. The Bertz CT molecular complexity index is 593. The molecule has 2 saturated heterocycles. The molecule has 6 nitrogen and oxygen atoms in total. The molecule has 2 atom stereocenters. The van der Waals surface area contributed by atoms with Gasteiger partial charge in [0.25, 0.3) is 5.91 Å². The third-order valence-electron chi connectivity index (χ3n) is 4.33. The predicted octanol–water partition coefficient (Wildman–Crippen LogP) is 0.378. The van der Waals surface area contributed by atoms with E-state index in [1.807, 2.05) is 11.8 Å². The monoisotopic (exact) mass is 321 g/mol. The fourth-order valence-corrected chi connectivity index (χ4v) is 2.91. The fraction of sp³-hybridized carbons (Fsp3) is 0.500. The number of hydrogen-bond donors (Lipinski definition) is 1. The Morgan fingerprint density at radius 3 is 2.78 bits per heavy atom. The lowest BCUT2D eigenvalue weighted by molar-refractivity contribution is -0.137. The molecule has 0 saturated carbocycles. The van der Waals surface area contributed by atoms with E-state index in [1.165, 1.54) is 17.0 Å². The molecule has 2 heterocycles. The third-order valence-corrected chi connectivity index (χ3v) is 4.33. The maximum absolute atomic E-state index is 12.9. The van der Waals surface area contributed by atoms with E-state index in [1.54, 1.807) is 12.1 Å². The number of anilines is 1. The van der Waals surface area contributed by atoms with Gasteiger partial charge in [-0.2, -0.15) is 0 Å². The molecule has 124 valence electrons. The number of rotatable bonds is 4. The Morgan fingerprint density at radius 2 is 2.13 bits per heavy atom. The topological polar surface area (TPSA) is 61.9 Å². The number of ether oxygens (including phenoxy) is 1. The molecule has 2 fully saturated rings. The van der Waals surface area contributed by atoms with Gasteiger partial charge in [0.1, 0.15) is 17.9 Å². The van der Waals surface area contributed by atoms with Gasteiger partial charge in [0, 0.05) is 12.2 Å². The number of benzene rings is 1. The highest BCUT2D eigenvalue weighted by Crippen LogP contribution is 2.22. The van der Waals surface area contributed by atoms with Crippen LogP contribution in [0, 0.1) is 5.82 Å². The number of likely N-dealkylation sites (N-methyl/N-ethyl adjacent to an activating group) is 1. The zero-order valence-corrected chi connectivity index (χ0v) is 13.0. The van der Waals surface area contributed by atoms with Crippen molar-refractivity contribution in [1.29, 1.82) is 0 Å². The zero-order chi connectivity index (χ0) is 16.4. The molecule has 0 radical (unpaired) electrons. The van der Waals surface area contributed by atoms with Gasteiger partial charge in [-0.1, -0.05) is 6.92 Å². The van der Waals surface area contributed by atoms with Crippen LogP contribution in [0.5, 0.6) is 0 Å². The number of morpholine rings is 1. The van der Waals surface area contributed by atoms with Gasteiger partial charge >= 0.3 is 0 Å². The molecule has 1 aromatic rings. The van der Waals surface area contributed by atoms with Crippen molar-refractivity contribution in [3.05, 3.63) is 30.1 Å². The molecule has 0 aliphatic carbocycles. The van der Waals surface area contributed by atoms with E-state index in [9.17, 15) is 14.0 Å². The van der Waals surface area contributed by atoms with Gasteiger partial charge in [-0.3, -0.25) is 14.5 Å². The Morgan fingerprint density at radius 1 is 1.39 bits per heavy atom. The van der Waals surface area contributed by atoms with Crippen molar-refractivity contribution in [3.8, 4) is 0 Å². The molecular weight excluding hydrogens is 301 g/mol. The molecule has 23 heavy (non-hydrogen) atoms. The van der Waals surface area contributed by atoms with Crippen LogP contribution < -0.4 is 10.2 Å². The molecule has 2 amide bonds. The van der Waals surface area contributed by atoms with Crippen LogP contribution in [0.25, 0.3) is 0 Å². The van der Waals surface area contributed by atoms with E-state index in [0.29, 0.717) is 25.4 Å². The number of carbonyl (C=O) groups excluding carboxylic acids is 2. The summed E-state index contributed by atoms with van der Waals surface area (Å²) in [5.74, 6) is -0.697. The average molecular weight is 321 g/mol. The minimum atomic E-state index is -0.520. The van der Waals surface area contributed by atoms with Crippen molar-refractivity contribution in [2.24, 2.45) is 0 Å². The van der Waals surface area contributed by atoms with Crippen LogP contribution in [0.4, 0.5) is 10.1 Å². The zero-order valence-electron chi connectivity index (χ0n) is 13.0. The number of carbonyl (C=O) groups is 2. The van der Waals surface area contributed by atoms with E-state index in [0.717, 1.165) is 13.1 Å². The summed E-state index contributed by atoms with van der Waals surface area (Å²) in [6.45, 7) is 4.85. The highest BCUT2D eigenvalue weighted by atomic mass is 19.1. The summed E-state index contributed by atoms with van der Waals surface area (Å²) in [6, 6.07) is 4.87. The first-order valence-electron chi connectivity index (χ1n) is 7.79. The third kappa shape index (κ3) is 3.20. The van der Waals surface area contributed by atoms with E-state index in [-0.39, 0.29) is 23.7 Å². The molecular formula is C16H20FN3O3. The number of β-lactam (4-membered cyclic amide) rings is 1. The lowest BCUT2D eigenvalue weighted by Crippen LogP contribution is -2.66. The van der Waals surface area contributed by atoms with Crippen LogP contribution in [-0.4, -0.2) is 61.6 Å². The molecule has 0 bridgehead atoms. The van der Waals surface area contributed by atoms with Gasteiger partial charge in [0.15, 0.2) is 0 Å². The molecule has 0 spiro atoms. The second-order valence-corrected chi connectivity index (χ2v) is 5.71. The van der Waals surface area contributed by atoms with Crippen LogP contribution in [0.1, 0.15) is 6.92 Å². The van der Waals surface area contributed by atoms with Gasteiger partial charge in [0.2, 0.25) is 5.91 Å². The van der Waals surface area contributed by atoms with Gasteiger partial charge in [-0.15, -0.1) is 0 Å². The van der Waals surface area contributed by atoms with Crippen molar-refractivity contribution in [1.82, 2.24) is 10.2 Å². The summed E-state index contributed by atoms with van der Waals surface area (Å²) in [7, 11) is 0. The summed E-state index contributed by atoms with van der Waals surface area (Å²) in [5, 5.41) is 2.79. The van der Waals surface area contributed by atoms with Crippen LogP contribution in [0.3, 0.4) is 0 Å². The second-order valence-electron chi connectivity index (χ2n) is 5.71. The highest BCUT2D eigenvalue weighted by Gasteiger charge is 2.40. The van der Waals surface area contributed by atoms with E-state index in [4.69, 9.17) is 4.74 Å². The summed E-state index contributed by atoms with van der Waals surface area (Å²) < 4.78 is 18.3. The first kappa shape index (κ1) is 15.9. The Balaban J connectivity index is 1.57. The fourth-order valence-electron chi connectivity index (χ4n) is 2.91. The van der Waals surface area contributed by atoms with Gasteiger partial charge in [-0.25, -0.2) is 4.39 Å². The minimum absolute atomic E-state index is 0.176. The largest absolute Gasteiger partial charge is 0.378 e. The van der Waals surface area contributed by atoms with Crippen molar-refractivity contribution in [3.63, 3.8) is 0 Å². The predicted molar refractivity (Wildman–Crippen MR) is 82.5 cm³/mol. The molecule has 2 aliphatic heterocycles. The normalized spacial score (nSPS) is 25.1.